The number of fused-ring (bicyclic) bond motifs is 1. The van der Waals surface area contributed by atoms with Crippen molar-refractivity contribution in [2.75, 3.05) is 49.0 Å². The average molecular weight is 576 g/mol. The number of benzene rings is 1. The van der Waals surface area contributed by atoms with Crippen LogP contribution in [0.2, 0.25) is 0 Å². The maximum Gasteiger partial charge on any atom is 0.164 e. The van der Waals surface area contributed by atoms with Crippen LogP contribution in [0.4, 0.5) is 17.3 Å². The van der Waals surface area contributed by atoms with Gasteiger partial charge in [-0.3, -0.25) is 4.68 Å². The van der Waals surface area contributed by atoms with E-state index >= 15 is 0 Å². The first kappa shape index (κ1) is 27.6. The second-order valence-electron chi connectivity index (χ2n) is 12.1. The van der Waals surface area contributed by atoms with E-state index in [0.717, 1.165) is 61.1 Å². The molecule has 10 nitrogen and oxygen atoms in total. The first-order valence-corrected chi connectivity index (χ1v) is 16.1. The quantitative estimate of drug-likeness (QED) is 0.273. The van der Waals surface area contributed by atoms with Crippen molar-refractivity contribution >= 4 is 37.9 Å². The lowest BCUT2D eigenvalue weighted by atomic mass is 9.93. The number of methoxy groups -OCH3 is 1. The van der Waals surface area contributed by atoms with Crippen LogP contribution in [-0.4, -0.2) is 72.0 Å². The van der Waals surface area contributed by atoms with E-state index in [1.54, 1.807) is 13.3 Å². The maximum atomic E-state index is 11.7. The van der Waals surface area contributed by atoms with Gasteiger partial charge in [0.25, 0.3) is 0 Å². The van der Waals surface area contributed by atoms with E-state index in [9.17, 15) is 8.42 Å². The van der Waals surface area contributed by atoms with Crippen molar-refractivity contribution in [3.8, 4) is 11.4 Å². The number of nitrogens with zero attached hydrogens (tertiary/aromatic N) is 6. The molecule has 0 atom stereocenters. The third-order valence-corrected chi connectivity index (χ3v) is 9.16. The maximum absolute atomic E-state index is 11.7. The number of anilines is 3. The van der Waals surface area contributed by atoms with E-state index in [-0.39, 0.29) is 17.1 Å². The number of sulfone groups is 1. The fourth-order valence-electron chi connectivity index (χ4n) is 5.83. The monoisotopic (exact) mass is 575 g/mol. The molecule has 216 valence electrons. The zero-order valence-corrected chi connectivity index (χ0v) is 24.9. The summed E-state index contributed by atoms with van der Waals surface area (Å²) in [5.74, 6) is 2.68. The number of nitrogens with one attached hydrogen (secondary N) is 1. The summed E-state index contributed by atoms with van der Waals surface area (Å²) in [6, 6.07) is 8.22. The Labute approximate surface area is 241 Å². The minimum absolute atomic E-state index is 0.165. The van der Waals surface area contributed by atoms with Crippen LogP contribution in [0.5, 0.6) is 0 Å². The minimum atomic E-state index is -2.98. The lowest BCUT2D eigenvalue weighted by Crippen LogP contribution is -2.49. The van der Waals surface area contributed by atoms with E-state index in [2.05, 4.69) is 52.3 Å². The molecule has 2 fully saturated rings. The van der Waals surface area contributed by atoms with Crippen LogP contribution in [0, 0.1) is 11.3 Å². The highest BCUT2D eigenvalue weighted by molar-refractivity contribution is 7.90. The summed E-state index contributed by atoms with van der Waals surface area (Å²) in [4.78, 5) is 16.2. The molecule has 1 saturated carbocycles. The van der Waals surface area contributed by atoms with Crippen molar-refractivity contribution in [1.29, 1.82) is 0 Å². The molecule has 0 unspecified atom stereocenters. The van der Waals surface area contributed by atoms with Gasteiger partial charge in [0.05, 0.1) is 24.1 Å². The van der Waals surface area contributed by atoms with Crippen LogP contribution in [-0.2, 0) is 21.1 Å². The Hall–Kier alpha value is -3.57. The van der Waals surface area contributed by atoms with E-state index in [1.807, 2.05) is 29.3 Å². The summed E-state index contributed by atoms with van der Waals surface area (Å²) in [5, 5.41) is 10.1. The number of hydrogen-bond acceptors (Lipinski definition) is 9. The van der Waals surface area contributed by atoms with Gasteiger partial charge in [0.15, 0.2) is 5.82 Å². The van der Waals surface area contributed by atoms with Gasteiger partial charge in [-0.2, -0.15) is 5.10 Å². The molecule has 4 heterocycles. The first-order chi connectivity index (χ1) is 19.6. The van der Waals surface area contributed by atoms with E-state index in [1.165, 1.54) is 11.8 Å². The highest BCUT2D eigenvalue weighted by atomic mass is 32.2. The predicted octanol–water partition coefficient (Wildman–Crippen LogP) is 4.66. The van der Waals surface area contributed by atoms with Gasteiger partial charge in [0.2, 0.25) is 0 Å². The van der Waals surface area contributed by atoms with Crippen LogP contribution in [0.25, 0.3) is 22.2 Å². The number of pyridine rings is 1. The zero-order chi connectivity index (χ0) is 28.8. The number of ether oxygens (including phenoxy) is 1. The largest absolute Gasteiger partial charge is 0.384 e. The Balaban J connectivity index is 1.22. The highest BCUT2D eigenvalue weighted by Gasteiger charge is 2.43. The average Bonchev–Trinajstić information content (AvgIpc) is 3.49. The molecule has 1 N–H and O–H groups in total. The highest BCUT2D eigenvalue weighted by Crippen LogP contribution is 2.47. The Bertz CT molecular complexity index is 1670. The van der Waals surface area contributed by atoms with Crippen molar-refractivity contribution in [3.05, 3.63) is 54.6 Å². The molecule has 0 radical (unpaired) electrons. The van der Waals surface area contributed by atoms with Crippen LogP contribution in [0.1, 0.15) is 38.2 Å². The van der Waals surface area contributed by atoms with Crippen LogP contribution >= 0.6 is 0 Å². The molecule has 4 aromatic rings. The molecule has 0 spiro atoms. The molecule has 1 aliphatic carbocycles. The molecule has 3 aromatic heterocycles. The minimum Gasteiger partial charge on any atom is -0.384 e. The third kappa shape index (κ3) is 6.06. The third-order valence-electron chi connectivity index (χ3n) is 8.08. The molecule has 0 amide bonds. The fourth-order valence-corrected chi connectivity index (χ4v) is 6.90. The molecule has 1 saturated heterocycles. The Morgan fingerprint density at radius 2 is 1.90 bits per heavy atom. The van der Waals surface area contributed by atoms with Crippen molar-refractivity contribution in [1.82, 2.24) is 24.7 Å². The van der Waals surface area contributed by atoms with Crippen molar-refractivity contribution < 1.29 is 13.2 Å². The zero-order valence-electron chi connectivity index (χ0n) is 24.0. The van der Waals surface area contributed by atoms with Gasteiger partial charge in [0.1, 0.15) is 21.5 Å². The standard InChI is InChI=1S/C30H37N7O3S/c1-20(2)23-5-6-26(36-14-21(15-36)17-41(4,38)39)25-13-32-28(11-24(23)25)34-27-7-10-31-29(35-27)22-12-33-37(16-22)18-30(8-9-30)19-40-3/h5-7,10-13,16,20-21H,8-9,14-15,17-19H2,1-4H3,(H,31,32,34,35). The lowest BCUT2D eigenvalue weighted by Gasteiger charge is -2.41. The van der Waals surface area contributed by atoms with E-state index in [0.29, 0.717) is 23.4 Å². The van der Waals surface area contributed by atoms with Gasteiger partial charge in [-0.05, 0) is 47.9 Å². The summed E-state index contributed by atoms with van der Waals surface area (Å²) in [6.45, 7) is 7.41. The molecule has 11 heteroatoms. The molecule has 0 bridgehead atoms. The smallest absolute Gasteiger partial charge is 0.164 e. The second-order valence-corrected chi connectivity index (χ2v) is 14.2. The molecule has 1 aromatic carbocycles. The van der Waals surface area contributed by atoms with Gasteiger partial charge in [-0.25, -0.2) is 23.4 Å². The van der Waals surface area contributed by atoms with Gasteiger partial charge < -0.3 is 15.0 Å². The second kappa shape index (κ2) is 10.7. The molecule has 6 rings (SSSR count). The summed E-state index contributed by atoms with van der Waals surface area (Å²) < 4.78 is 30.8. The Morgan fingerprint density at radius 3 is 2.61 bits per heavy atom. The predicted molar refractivity (Wildman–Crippen MR) is 161 cm³/mol. The molecular formula is C30H37N7O3S. The Morgan fingerprint density at radius 1 is 1.10 bits per heavy atom. The van der Waals surface area contributed by atoms with Crippen molar-refractivity contribution in [2.24, 2.45) is 11.3 Å². The fraction of sp³-hybridized carbons (Fsp3) is 0.467. The van der Waals surface area contributed by atoms with Crippen molar-refractivity contribution in [2.45, 2.75) is 39.2 Å². The molecule has 2 aliphatic rings. The SMILES string of the molecule is COCC1(Cn2cc(-c3nccc(Nc4cc5c(C(C)C)ccc(N6CC(CS(C)(=O)=O)C6)c5cn4)n3)cn2)CC1. The van der Waals surface area contributed by atoms with Gasteiger partial charge in [-0.1, -0.05) is 19.9 Å². The van der Waals surface area contributed by atoms with E-state index < -0.39 is 9.84 Å². The number of rotatable bonds is 11. The summed E-state index contributed by atoms with van der Waals surface area (Å²) in [6.07, 6.45) is 11.1. The van der Waals surface area contributed by atoms with Gasteiger partial charge in [0, 0.05) is 74.0 Å². The topological polar surface area (TPSA) is 115 Å². The summed E-state index contributed by atoms with van der Waals surface area (Å²) >= 11 is 0. The van der Waals surface area contributed by atoms with Gasteiger partial charge in [-0.15, -0.1) is 0 Å². The van der Waals surface area contributed by atoms with Crippen LogP contribution in [0.15, 0.2) is 49.1 Å². The Kier molecular flexibility index (Phi) is 7.19. The number of hydrogen-bond donors (Lipinski definition) is 1. The number of aromatic nitrogens is 5. The molecule has 41 heavy (non-hydrogen) atoms. The van der Waals surface area contributed by atoms with Crippen LogP contribution < -0.4 is 10.2 Å². The summed E-state index contributed by atoms with van der Waals surface area (Å²) in [7, 11) is -1.23. The van der Waals surface area contributed by atoms with Crippen molar-refractivity contribution in [3.63, 3.8) is 0 Å². The molecule has 1 aliphatic heterocycles. The summed E-state index contributed by atoms with van der Waals surface area (Å²) in [5.41, 5.74) is 3.39. The van der Waals surface area contributed by atoms with Gasteiger partial charge >= 0.3 is 0 Å². The molecular weight excluding hydrogens is 538 g/mol. The lowest BCUT2D eigenvalue weighted by molar-refractivity contribution is 0.128. The first-order valence-electron chi connectivity index (χ1n) is 14.1. The van der Waals surface area contributed by atoms with Crippen LogP contribution in [0.3, 0.4) is 0 Å². The normalized spacial score (nSPS) is 16.8. The van der Waals surface area contributed by atoms with E-state index in [4.69, 9.17) is 14.7 Å².